The number of carbonyl (C=O) groups excluding carboxylic acids is 1. The third kappa shape index (κ3) is 6.85. The van der Waals surface area contributed by atoms with Crippen LogP contribution in [0.2, 0.25) is 0 Å². The van der Waals surface area contributed by atoms with E-state index in [1.165, 1.54) is 23.9 Å². The van der Waals surface area contributed by atoms with Crippen LogP contribution in [-0.2, 0) is 4.79 Å². The largest absolute Gasteiger partial charge is 0.399 e. The molecule has 5 heteroatoms. The standard InChI is InChI=1S/C16H25FN2OS/c1-3-5-7-19(8-6-4-2)16(20)12-21-15-10-13(17)9-14(18)11-15/h9-11H,3-8,12,18H2,1-2H3. The molecule has 0 spiro atoms. The molecule has 0 aliphatic heterocycles. The van der Waals surface area contributed by atoms with Crippen LogP contribution in [-0.4, -0.2) is 29.6 Å². The third-order valence-corrected chi connectivity index (χ3v) is 4.13. The van der Waals surface area contributed by atoms with Gasteiger partial charge in [-0.05, 0) is 31.0 Å². The molecule has 0 aliphatic carbocycles. The summed E-state index contributed by atoms with van der Waals surface area (Å²) in [5.74, 6) is 0.0829. The number of unbranched alkanes of at least 4 members (excludes halogenated alkanes) is 2. The number of anilines is 1. The number of nitrogen functional groups attached to an aromatic ring is 1. The van der Waals surface area contributed by atoms with E-state index in [1.807, 2.05) is 4.90 Å². The van der Waals surface area contributed by atoms with E-state index in [0.717, 1.165) is 38.8 Å². The van der Waals surface area contributed by atoms with Crippen molar-refractivity contribution in [1.82, 2.24) is 4.90 Å². The van der Waals surface area contributed by atoms with Crippen molar-refractivity contribution < 1.29 is 9.18 Å². The van der Waals surface area contributed by atoms with E-state index >= 15 is 0 Å². The Morgan fingerprint density at radius 3 is 2.33 bits per heavy atom. The van der Waals surface area contributed by atoms with Gasteiger partial charge in [0.1, 0.15) is 5.82 Å². The second-order valence-corrected chi connectivity index (χ2v) is 6.15. The summed E-state index contributed by atoms with van der Waals surface area (Å²) in [7, 11) is 0. The van der Waals surface area contributed by atoms with Gasteiger partial charge in [-0.3, -0.25) is 4.79 Å². The first-order valence-electron chi connectivity index (χ1n) is 7.53. The van der Waals surface area contributed by atoms with Crippen LogP contribution in [0.15, 0.2) is 23.1 Å². The molecule has 0 radical (unpaired) electrons. The lowest BCUT2D eigenvalue weighted by atomic mass is 10.2. The number of hydrogen-bond acceptors (Lipinski definition) is 3. The van der Waals surface area contributed by atoms with Gasteiger partial charge in [0, 0.05) is 23.7 Å². The molecular weight excluding hydrogens is 287 g/mol. The number of rotatable bonds is 9. The van der Waals surface area contributed by atoms with Gasteiger partial charge in [-0.2, -0.15) is 0 Å². The highest BCUT2D eigenvalue weighted by atomic mass is 32.2. The number of benzene rings is 1. The predicted octanol–water partition coefficient (Wildman–Crippen LogP) is 3.93. The van der Waals surface area contributed by atoms with Crippen LogP contribution in [0.3, 0.4) is 0 Å². The van der Waals surface area contributed by atoms with Crippen molar-refractivity contribution >= 4 is 23.4 Å². The van der Waals surface area contributed by atoms with Crippen molar-refractivity contribution in [2.45, 2.75) is 44.4 Å². The number of halogens is 1. The molecule has 21 heavy (non-hydrogen) atoms. The lowest BCUT2D eigenvalue weighted by Crippen LogP contribution is -2.34. The zero-order valence-corrected chi connectivity index (χ0v) is 13.7. The summed E-state index contributed by atoms with van der Waals surface area (Å²) in [6.07, 6.45) is 4.19. The second kappa shape index (κ2) is 9.66. The summed E-state index contributed by atoms with van der Waals surface area (Å²) in [6, 6.07) is 4.39. The quantitative estimate of drug-likeness (QED) is 0.555. The highest BCUT2D eigenvalue weighted by Crippen LogP contribution is 2.22. The number of amides is 1. The number of nitrogens with two attached hydrogens (primary N) is 1. The molecule has 1 aromatic rings. The average Bonchev–Trinajstić information content (AvgIpc) is 2.44. The normalized spacial score (nSPS) is 10.6. The topological polar surface area (TPSA) is 46.3 Å². The molecule has 3 nitrogen and oxygen atoms in total. The molecule has 0 bridgehead atoms. The van der Waals surface area contributed by atoms with Crippen LogP contribution in [0.25, 0.3) is 0 Å². The average molecular weight is 312 g/mol. The Morgan fingerprint density at radius 2 is 1.81 bits per heavy atom. The molecule has 0 atom stereocenters. The molecule has 0 saturated heterocycles. The SMILES string of the molecule is CCCCN(CCCC)C(=O)CSc1cc(N)cc(F)c1. The molecule has 1 amide bonds. The van der Waals surface area contributed by atoms with Crippen molar-refractivity contribution in [3.05, 3.63) is 24.0 Å². The van der Waals surface area contributed by atoms with Crippen LogP contribution in [0.4, 0.5) is 10.1 Å². The number of hydrogen-bond donors (Lipinski definition) is 1. The molecule has 0 unspecified atom stereocenters. The molecule has 0 aromatic heterocycles. The minimum atomic E-state index is -0.362. The lowest BCUT2D eigenvalue weighted by molar-refractivity contribution is -0.128. The van der Waals surface area contributed by atoms with Gasteiger partial charge >= 0.3 is 0 Å². The molecule has 118 valence electrons. The van der Waals surface area contributed by atoms with Crippen LogP contribution in [0.5, 0.6) is 0 Å². The van der Waals surface area contributed by atoms with Crippen molar-refractivity contribution in [3.8, 4) is 0 Å². The molecule has 0 aliphatic rings. The zero-order chi connectivity index (χ0) is 15.7. The Kier molecular flexibility index (Phi) is 8.20. The first-order valence-corrected chi connectivity index (χ1v) is 8.52. The maximum Gasteiger partial charge on any atom is 0.232 e. The summed E-state index contributed by atoms with van der Waals surface area (Å²) in [5.41, 5.74) is 6.00. The van der Waals surface area contributed by atoms with Crippen LogP contribution in [0.1, 0.15) is 39.5 Å². The zero-order valence-electron chi connectivity index (χ0n) is 12.9. The van der Waals surface area contributed by atoms with Crippen molar-refractivity contribution in [1.29, 1.82) is 0 Å². The van der Waals surface area contributed by atoms with Gasteiger partial charge in [-0.15, -0.1) is 11.8 Å². The predicted molar refractivity (Wildman–Crippen MR) is 87.9 cm³/mol. The van der Waals surface area contributed by atoms with Gasteiger partial charge in [0.2, 0.25) is 5.91 Å². The Balaban J connectivity index is 2.55. The van der Waals surface area contributed by atoms with Gasteiger partial charge < -0.3 is 10.6 Å². The maximum atomic E-state index is 13.3. The minimum Gasteiger partial charge on any atom is -0.399 e. The fourth-order valence-corrected chi connectivity index (χ4v) is 2.85. The molecule has 0 saturated carbocycles. The molecule has 1 aromatic carbocycles. The van der Waals surface area contributed by atoms with Crippen LogP contribution >= 0.6 is 11.8 Å². The summed E-state index contributed by atoms with van der Waals surface area (Å²) >= 11 is 1.34. The van der Waals surface area contributed by atoms with E-state index in [0.29, 0.717) is 16.3 Å². The van der Waals surface area contributed by atoms with E-state index in [2.05, 4.69) is 13.8 Å². The van der Waals surface area contributed by atoms with Crippen molar-refractivity contribution in [2.24, 2.45) is 0 Å². The molecular formula is C16H25FN2OS. The molecule has 1 rings (SSSR count). The smallest absolute Gasteiger partial charge is 0.232 e. The van der Waals surface area contributed by atoms with Crippen molar-refractivity contribution in [3.63, 3.8) is 0 Å². The monoisotopic (exact) mass is 312 g/mol. The third-order valence-electron chi connectivity index (χ3n) is 3.17. The molecule has 2 N–H and O–H groups in total. The van der Waals surface area contributed by atoms with Gasteiger partial charge in [-0.1, -0.05) is 26.7 Å². The van der Waals surface area contributed by atoms with E-state index in [9.17, 15) is 9.18 Å². The lowest BCUT2D eigenvalue weighted by Gasteiger charge is -2.22. The van der Waals surface area contributed by atoms with E-state index in [4.69, 9.17) is 5.73 Å². The highest BCUT2D eigenvalue weighted by molar-refractivity contribution is 8.00. The first-order chi connectivity index (χ1) is 10.1. The van der Waals surface area contributed by atoms with Crippen LogP contribution < -0.4 is 5.73 Å². The first kappa shape index (κ1) is 17.8. The Bertz CT molecular complexity index is 426. The van der Waals surface area contributed by atoms with Crippen LogP contribution in [0, 0.1) is 5.82 Å². The molecule has 0 heterocycles. The Labute approximate surface area is 131 Å². The van der Waals surface area contributed by atoms with Gasteiger partial charge in [0.05, 0.1) is 5.75 Å². The summed E-state index contributed by atoms with van der Waals surface area (Å²) in [4.78, 5) is 14.9. The van der Waals surface area contributed by atoms with E-state index in [1.54, 1.807) is 6.07 Å². The van der Waals surface area contributed by atoms with Crippen molar-refractivity contribution in [2.75, 3.05) is 24.6 Å². The highest BCUT2D eigenvalue weighted by Gasteiger charge is 2.13. The number of carbonyl (C=O) groups is 1. The van der Waals surface area contributed by atoms with Gasteiger partial charge in [-0.25, -0.2) is 4.39 Å². The number of thioether (sulfide) groups is 1. The fourth-order valence-electron chi connectivity index (χ4n) is 1.96. The maximum absolute atomic E-state index is 13.3. The summed E-state index contributed by atoms with van der Waals surface area (Å²) in [6.45, 7) is 5.85. The van der Waals surface area contributed by atoms with E-state index in [-0.39, 0.29) is 11.7 Å². The second-order valence-electron chi connectivity index (χ2n) is 5.10. The Hall–Kier alpha value is -1.23. The molecule has 0 fully saturated rings. The van der Waals surface area contributed by atoms with Gasteiger partial charge in [0.25, 0.3) is 0 Å². The van der Waals surface area contributed by atoms with E-state index < -0.39 is 0 Å². The number of nitrogens with zero attached hydrogens (tertiary/aromatic N) is 1. The summed E-state index contributed by atoms with van der Waals surface area (Å²) < 4.78 is 13.3. The fraction of sp³-hybridized carbons (Fsp3) is 0.562. The minimum absolute atomic E-state index is 0.115. The summed E-state index contributed by atoms with van der Waals surface area (Å²) in [5, 5.41) is 0. The van der Waals surface area contributed by atoms with Gasteiger partial charge in [0.15, 0.2) is 0 Å². The Morgan fingerprint density at radius 1 is 1.19 bits per heavy atom.